The molecule has 0 bridgehead atoms. The Morgan fingerprint density at radius 1 is 1.17 bits per heavy atom. The summed E-state index contributed by atoms with van der Waals surface area (Å²) < 4.78 is 28.9. The molecule has 3 aliphatic heterocycles. The summed E-state index contributed by atoms with van der Waals surface area (Å²) in [6.07, 6.45) is 6.97. The van der Waals surface area contributed by atoms with Crippen molar-refractivity contribution in [3.8, 4) is 0 Å². The van der Waals surface area contributed by atoms with Crippen molar-refractivity contribution < 1.29 is 13.2 Å². The van der Waals surface area contributed by atoms with Gasteiger partial charge in [0.05, 0.1) is 17.6 Å². The molecule has 3 heterocycles. The number of ether oxygens (including phenoxy) is 1. The maximum atomic E-state index is 11.6. The molecule has 1 N–H and O–H groups in total. The Kier molecular flexibility index (Phi) is 8.06. The third-order valence-electron chi connectivity index (χ3n) is 4.99. The van der Waals surface area contributed by atoms with Crippen LogP contribution in [0.25, 0.3) is 0 Å². The van der Waals surface area contributed by atoms with Gasteiger partial charge in [-0.3, -0.25) is 4.99 Å². The molecule has 0 aromatic rings. The summed E-state index contributed by atoms with van der Waals surface area (Å²) in [5.41, 5.74) is 0. The maximum absolute atomic E-state index is 11.6. The number of likely N-dealkylation sites (tertiary alicyclic amines) is 1. The van der Waals surface area contributed by atoms with Gasteiger partial charge < -0.3 is 15.0 Å². The molecule has 3 fully saturated rings. The number of halogens is 1. The van der Waals surface area contributed by atoms with Gasteiger partial charge in [-0.15, -0.1) is 24.0 Å². The normalized spacial score (nSPS) is 30.2. The Morgan fingerprint density at radius 3 is 2.58 bits per heavy atom. The molecule has 0 radical (unpaired) electrons. The molecule has 0 aromatic carbocycles. The zero-order valence-corrected chi connectivity index (χ0v) is 17.4. The lowest BCUT2D eigenvalue weighted by atomic mass is 10.1. The highest BCUT2D eigenvalue weighted by molar-refractivity contribution is 14.0. The second kappa shape index (κ2) is 9.56. The van der Waals surface area contributed by atoms with Crippen molar-refractivity contribution in [3.05, 3.63) is 0 Å². The zero-order valence-electron chi connectivity index (χ0n) is 14.3. The lowest BCUT2D eigenvalue weighted by Crippen LogP contribution is -2.44. The average molecular weight is 471 g/mol. The second-order valence-electron chi connectivity index (χ2n) is 7.00. The Bertz CT molecular complexity index is 515. The van der Waals surface area contributed by atoms with Gasteiger partial charge in [-0.1, -0.05) is 0 Å². The van der Waals surface area contributed by atoms with Gasteiger partial charge in [-0.2, -0.15) is 0 Å². The highest BCUT2D eigenvalue weighted by atomic mass is 127. The Morgan fingerprint density at radius 2 is 1.96 bits per heavy atom. The number of aliphatic imine (C=N–C) groups is 1. The molecule has 3 saturated heterocycles. The minimum atomic E-state index is -2.82. The van der Waals surface area contributed by atoms with Crippen LogP contribution < -0.4 is 5.32 Å². The van der Waals surface area contributed by atoms with E-state index < -0.39 is 9.84 Å². The van der Waals surface area contributed by atoms with E-state index in [2.05, 4.69) is 10.2 Å². The number of sulfone groups is 1. The Hall–Kier alpha value is -0.0900. The SMILES string of the molecule is I.O=S1(=O)CCC(CN=C(NCC2CCCCO2)N2CCCC2)C1. The fourth-order valence-electron chi connectivity index (χ4n) is 3.60. The highest BCUT2D eigenvalue weighted by Crippen LogP contribution is 2.19. The van der Waals surface area contributed by atoms with Crippen LogP contribution in [0.3, 0.4) is 0 Å². The lowest BCUT2D eigenvalue weighted by molar-refractivity contribution is 0.0191. The fourth-order valence-corrected chi connectivity index (χ4v) is 5.45. The summed E-state index contributed by atoms with van der Waals surface area (Å²) in [7, 11) is -2.82. The van der Waals surface area contributed by atoms with Gasteiger partial charge in [0.2, 0.25) is 0 Å². The molecule has 0 saturated carbocycles. The van der Waals surface area contributed by atoms with Crippen LogP contribution in [0.4, 0.5) is 0 Å². The molecule has 0 aromatic heterocycles. The summed E-state index contributed by atoms with van der Waals surface area (Å²) in [4.78, 5) is 7.05. The van der Waals surface area contributed by atoms with E-state index in [4.69, 9.17) is 9.73 Å². The molecule has 2 atom stereocenters. The van der Waals surface area contributed by atoms with E-state index >= 15 is 0 Å². The highest BCUT2D eigenvalue weighted by Gasteiger charge is 2.28. The minimum absolute atomic E-state index is 0. The summed E-state index contributed by atoms with van der Waals surface area (Å²) in [5.74, 6) is 1.76. The van der Waals surface area contributed by atoms with Crippen LogP contribution >= 0.6 is 24.0 Å². The molecular formula is C16H30IN3O3S. The van der Waals surface area contributed by atoms with E-state index in [0.29, 0.717) is 18.1 Å². The molecule has 3 aliphatic rings. The van der Waals surface area contributed by atoms with Crippen molar-refractivity contribution in [2.75, 3.05) is 44.3 Å². The predicted octanol–water partition coefficient (Wildman–Crippen LogP) is 1.65. The number of nitrogens with one attached hydrogen (secondary N) is 1. The van der Waals surface area contributed by atoms with Gasteiger partial charge in [-0.25, -0.2) is 8.42 Å². The van der Waals surface area contributed by atoms with Crippen LogP contribution in [0.2, 0.25) is 0 Å². The van der Waals surface area contributed by atoms with Gasteiger partial charge in [0.25, 0.3) is 0 Å². The third kappa shape index (κ3) is 6.01. The summed E-state index contributed by atoms with van der Waals surface area (Å²) in [6, 6.07) is 0. The van der Waals surface area contributed by atoms with Crippen molar-refractivity contribution in [2.45, 2.75) is 44.6 Å². The van der Waals surface area contributed by atoms with Crippen LogP contribution in [0, 0.1) is 5.92 Å². The number of rotatable bonds is 4. The molecule has 0 aliphatic carbocycles. The van der Waals surface area contributed by atoms with Gasteiger partial charge in [-0.05, 0) is 44.4 Å². The number of hydrogen-bond donors (Lipinski definition) is 1. The first-order valence-corrected chi connectivity index (χ1v) is 10.8. The second-order valence-corrected chi connectivity index (χ2v) is 9.23. The maximum Gasteiger partial charge on any atom is 0.194 e. The first kappa shape index (κ1) is 20.2. The quantitative estimate of drug-likeness (QED) is 0.384. The summed E-state index contributed by atoms with van der Waals surface area (Å²) in [5, 5.41) is 3.48. The van der Waals surface area contributed by atoms with Crippen LogP contribution in [-0.2, 0) is 14.6 Å². The molecule has 3 rings (SSSR count). The Balaban J connectivity index is 0.00000208. The Labute approximate surface area is 162 Å². The first-order chi connectivity index (χ1) is 11.1. The first-order valence-electron chi connectivity index (χ1n) is 8.98. The zero-order chi connectivity index (χ0) is 16.1. The molecule has 6 nitrogen and oxygen atoms in total. The standard InChI is InChI=1S/C16H29N3O3S.HI/c20-23(21)10-6-14(13-23)11-17-16(19-7-2-3-8-19)18-12-15-5-1-4-9-22-15;/h14-15H,1-13H2,(H,17,18);1H. The van der Waals surface area contributed by atoms with E-state index in [1.165, 1.54) is 25.7 Å². The van der Waals surface area contributed by atoms with Gasteiger partial charge in [0.1, 0.15) is 0 Å². The van der Waals surface area contributed by atoms with E-state index in [0.717, 1.165) is 45.0 Å². The molecule has 0 amide bonds. The predicted molar refractivity (Wildman–Crippen MR) is 107 cm³/mol. The van der Waals surface area contributed by atoms with Gasteiger partial charge in [0.15, 0.2) is 15.8 Å². The monoisotopic (exact) mass is 471 g/mol. The average Bonchev–Trinajstić information content (AvgIpc) is 3.18. The van der Waals surface area contributed by atoms with E-state index in [1.54, 1.807) is 0 Å². The van der Waals surface area contributed by atoms with Crippen LogP contribution in [-0.4, -0.2) is 69.7 Å². The number of nitrogens with zero attached hydrogens (tertiary/aromatic N) is 2. The van der Waals surface area contributed by atoms with Crippen LogP contribution in [0.5, 0.6) is 0 Å². The lowest BCUT2D eigenvalue weighted by Gasteiger charge is -2.27. The van der Waals surface area contributed by atoms with Crippen LogP contribution in [0.15, 0.2) is 4.99 Å². The minimum Gasteiger partial charge on any atom is -0.376 e. The topological polar surface area (TPSA) is 71.0 Å². The largest absolute Gasteiger partial charge is 0.376 e. The molecular weight excluding hydrogens is 441 g/mol. The number of hydrogen-bond acceptors (Lipinski definition) is 4. The summed E-state index contributed by atoms with van der Waals surface area (Å²) >= 11 is 0. The fraction of sp³-hybridized carbons (Fsp3) is 0.938. The van der Waals surface area contributed by atoms with Gasteiger partial charge in [0, 0.05) is 32.8 Å². The smallest absolute Gasteiger partial charge is 0.194 e. The van der Waals surface area contributed by atoms with Crippen molar-refractivity contribution in [1.82, 2.24) is 10.2 Å². The molecule has 140 valence electrons. The van der Waals surface area contributed by atoms with Crippen molar-refractivity contribution in [1.29, 1.82) is 0 Å². The van der Waals surface area contributed by atoms with E-state index in [1.807, 2.05) is 0 Å². The van der Waals surface area contributed by atoms with Crippen molar-refractivity contribution >= 4 is 39.8 Å². The summed E-state index contributed by atoms with van der Waals surface area (Å²) in [6.45, 7) is 4.37. The van der Waals surface area contributed by atoms with E-state index in [9.17, 15) is 8.42 Å². The number of guanidine groups is 1. The third-order valence-corrected chi connectivity index (χ3v) is 6.83. The molecule has 0 spiro atoms. The van der Waals surface area contributed by atoms with Crippen molar-refractivity contribution in [2.24, 2.45) is 10.9 Å². The molecule has 24 heavy (non-hydrogen) atoms. The van der Waals surface area contributed by atoms with Crippen LogP contribution in [0.1, 0.15) is 38.5 Å². The van der Waals surface area contributed by atoms with E-state index in [-0.39, 0.29) is 36.0 Å². The van der Waals surface area contributed by atoms with Crippen molar-refractivity contribution in [3.63, 3.8) is 0 Å². The molecule has 2 unspecified atom stereocenters. The van der Waals surface area contributed by atoms with Gasteiger partial charge >= 0.3 is 0 Å². The molecule has 8 heteroatoms.